The lowest BCUT2D eigenvalue weighted by molar-refractivity contribution is 0.159. The average Bonchev–Trinajstić information content (AvgIpc) is 3.61. The Hall–Kier alpha value is -4.73. The number of hydrogen-bond acceptors (Lipinski definition) is 7. The number of nitrogens with one attached hydrogen (secondary N) is 1. The molecule has 6 aromatic rings. The third kappa shape index (κ3) is 6.74. The number of amides is 1. The van der Waals surface area contributed by atoms with Crippen LogP contribution in [-0.2, 0) is 17.8 Å². The molecule has 10 heteroatoms. The normalized spacial score (nSPS) is 11.5. The minimum Gasteiger partial charge on any atom is -0.449 e. The molecule has 0 saturated carbocycles. The number of nitrogen functional groups attached to an aromatic ring is 1. The summed E-state index contributed by atoms with van der Waals surface area (Å²) in [5.41, 5.74) is 11.3. The standard InChI is InChI=1S/C20H26N4O2.C14H16N4/c1-4-5-8-11-26-20(25)23-19-17-18(24(13-21-17)12-14(2)3)15-9-6-7-10-16(15)22-19;1-9(2)7-18-8-16-12-13(18)10-5-3-4-6-11(10)17-14(12)15/h6-7,9-10,13-14H,4-5,8,11-12H2,1-3H3,(H,22,23,25);3-6,8-9H,7H2,1-2H3,(H2,15,17). The molecule has 4 aromatic heterocycles. The molecule has 0 atom stereocenters. The van der Waals surface area contributed by atoms with Gasteiger partial charge in [-0.3, -0.25) is 5.32 Å². The topological polar surface area (TPSA) is 126 Å². The molecule has 4 heterocycles. The van der Waals surface area contributed by atoms with Gasteiger partial charge in [-0.05, 0) is 30.4 Å². The third-order valence-electron chi connectivity index (χ3n) is 7.26. The van der Waals surface area contributed by atoms with Crippen LogP contribution in [0.5, 0.6) is 0 Å². The molecule has 0 aliphatic heterocycles. The van der Waals surface area contributed by atoms with Crippen LogP contribution < -0.4 is 11.1 Å². The summed E-state index contributed by atoms with van der Waals surface area (Å²) in [5.74, 6) is 2.00. The second-order valence-corrected chi connectivity index (χ2v) is 11.9. The van der Waals surface area contributed by atoms with Crippen LogP contribution in [0.3, 0.4) is 0 Å². The zero-order valence-corrected chi connectivity index (χ0v) is 26.2. The average molecular weight is 595 g/mol. The summed E-state index contributed by atoms with van der Waals surface area (Å²) in [4.78, 5) is 30.0. The molecule has 1 amide bonds. The highest BCUT2D eigenvalue weighted by Crippen LogP contribution is 2.30. The fourth-order valence-corrected chi connectivity index (χ4v) is 5.39. The van der Waals surface area contributed by atoms with Crippen LogP contribution in [0.15, 0.2) is 61.2 Å². The highest BCUT2D eigenvalue weighted by Gasteiger charge is 2.17. The Bertz CT molecular complexity index is 1890. The van der Waals surface area contributed by atoms with Crippen LogP contribution in [0, 0.1) is 11.8 Å². The van der Waals surface area contributed by atoms with Gasteiger partial charge in [-0.2, -0.15) is 0 Å². The van der Waals surface area contributed by atoms with E-state index in [1.165, 1.54) is 0 Å². The van der Waals surface area contributed by atoms with E-state index in [0.29, 0.717) is 35.6 Å². The number of ether oxygens (including phenoxy) is 1. The van der Waals surface area contributed by atoms with E-state index in [-0.39, 0.29) is 0 Å². The van der Waals surface area contributed by atoms with Crippen molar-refractivity contribution >= 4 is 61.6 Å². The van der Waals surface area contributed by atoms with Crippen molar-refractivity contribution in [2.24, 2.45) is 11.8 Å². The molecule has 0 saturated heterocycles. The Kier molecular flexibility index (Phi) is 9.57. The van der Waals surface area contributed by atoms with Gasteiger partial charge in [0, 0.05) is 23.9 Å². The summed E-state index contributed by atoms with van der Waals surface area (Å²) in [6.07, 6.45) is 6.19. The Morgan fingerprint density at radius 2 is 1.36 bits per heavy atom. The van der Waals surface area contributed by atoms with E-state index in [2.05, 4.69) is 75.1 Å². The van der Waals surface area contributed by atoms with Crippen LogP contribution in [0.25, 0.3) is 43.9 Å². The predicted octanol–water partition coefficient (Wildman–Crippen LogP) is 7.80. The molecule has 0 aliphatic rings. The smallest absolute Gasteiger partial charge is 0.412 e. The van der Waals surface area contributed by atoms with E-state index < -0.39 is 6.09 Å². The Morgan fingerprint density at radius 3 is 1.95 bits per heavy atom. The molecule has 6 rings (SSSR count). The minimum absolute atomic E-state index is 0.415. The number of carbonyl (C=O) groups excluding carboxylic acids is 1. The fraction of sp³-hybridized carbons (Fsp3) is 0.382. The highest BCUT2D eigenvalue weighted by molar-refractivity contribution is 6.09. The second-order valence-electron chi connectivity index (χ2n) is 11.9. The van der Waals surface area contributed by atoms with E-state index in [0.717, 1.165) is 70.7 Å². The summed E-state index contributed by atoms with van der Waals surface area (Å²) < 4.78 is 9.55. The number of para-hydroxylation sites is 2. The maximum atomic E-state index is 12.1. The summed E-state index contributed by atoms with van der Waals surface area (Å²) in [6.45, 7) is 13.0. The van der Waals surface area contributed by atoms with E-state index in [4.69, 9.17) is 10.5 Å². The van der Waals surface area contributed by atoms with E-state index >= 15 is 0 Å². The van der Waals surface area contributed by atoms with Crippen molar-refractivity contribution in [1.29, 1.82) is 0 Å². The van der Waals surface area contributed by atoms with E-state index in [1.807, 2.05) is 55.1 Å². The van der Waals surface area contributed by atoms with Gasteiger partial charge >= 0.3 is 6.09 Å². The lowest BCUT2D eigenvalue weighted by Crippen LogP contribution is -2.16. The Labute approximate surface area is 257 Å². The number of nitrogens with zero attached hydrogens (tertiary/aromatic N) is 6. The summed E-state index contributed by atoms with van der Waals surface area (Å²) >= 11 is 0. The number of imidazole rings is 2. The minimum atomic E-state index is -0.483. The first-order valence-electron chi connectivity index (χ1n) is 15.4. The SMILES string of the molecule is CC(C)Cn1cnc2c(N)nc3ccccc3c21.CCCCCOC(=O)Nc1nc2ccccc2c2c1ncn2CC(C)C. The van der Waals surface area contributed by atoms with Crippen LogP contribution in [0.4, 0.5) is 16.4 Å². The zero-order valence-electron chi connectivity index (χ0n) is 26.2. The number of anilines is 2. The monoisotopic (exact) mass is 594 g/mol. The molecule has 44 heavy (non-hydrogen) atoms. The lowest BCUT2D eigenvalue weighted by Gasteiger charge is -2.11. The van der Waals surface area contributed by atoms with Crippen molar-refractivity contribution in [3.05, 3.63) is 61.2 Å². The van der Waals surface area contributed by atoms with Crippen molar-refractivity contribution < 1.29 is 9.53 Å². The van der Waals surface area contributed by atoms with Crippen LogP contribution in [0.1, 0.15) is 53.9 Å². The number of hydrogen-bond donors (Lipinski definition) is 2. The van der Waals surface area contributed by atoms with Crippen molar-refractivity contribution in [3.8, 4) is 0 Å². The van der Waals surface area contributed by atoms with Gasteiger partial charge in [-0.25, -0.2) is 24.7 Å². The van der Waals surface area contributed by atoms with Crippen LogP contribution >= 0.6 is 0 Å². The third-order valence-corrected chi connectivity index (χ3v) is 7.26. The molecule has 0 spiro atoms. The quantitative estimate of drug-likeness (QED) is 0.164. The molecule has 2 aromatic carbocycles. The molecule has 3 N–H and O–H groups in total. The number of nitrogens with two attached hydrogens (primary N) is 1. The first-order chi connectivity index (χ1) is 21.3. The maximum Gasteiger partial charge on any atom is 0.412 e. The van der Waals surface area contributed by atoms with Crippen molar-refractivity contribution in [1.82, 2.24) is 29.1 Å². The van der Waals surface area contributed by atoms with Gasteiger partial charge in [0.25, 0.3) is 0 Å². The first-order valence-corrected chi connectivity index (χ1v) is 15.4. The number of benzene rings is 2. The summed E-state index contributed by atoms with van der Waals surface area (Å²) in [5, 5.41) is 4.91. The predicted molar refractivity (Wildman–Crippen MR) is 179 cm³/mol. The number of rotatable bonds is 9. The van der Waals surface area contributed by atoms with Gasteiger partial charge in [-0.15, -0.1) is 0 Å². The molecule has 0 bridgehead atoms. The van der Waals surface area contributed by atoms with E-state index in [1.54, 1.807) is 0 Å². The van der Waals surface area contributed by atoms with Gasteiger partial charge < -0.3 is 19.6 Å². The zero-order chi connectivity index (χ0) is 31.2. The molecule has 0 aliphatic carbocycles. The van der Waals surface area contributed by atoms with Crippen molar-refractivity contribution in [2.45, 2.75) is 67.0 Å². The molecule has 0 unspecified atom stereocenters. The molecule has 230 valence electrons. The summed E-state index contributed by atoms with van der Waals surface area (Å²) in [7, 11) is 0. The van der Waals surface area contributed by atoms with Crippen molar-refractivity contribution in [3.63, 3.8) is 0 Å². The lowest BCUT2D eigenvalue weighted by atomic mass is 10.1. The van der Waals surface area contributed by atoms with Gasteiger partial charge in [0.15, 0.2) is 11.6 Å². The highest BCUT2D eigenvalue weighted by atomic mass is 16.5. The molecule has 0 fully saturated rings. The van der Waals surface area contributed by atoms with Gasteiger partial charge in [0.2, 0.25) is 0 Å². The molecular weight excluding hydrogens is 552 g/mol. The Balaban J connectivity index is 0.000000186. The Morgan fingerprint density at radius 1 is 0.818 bits per heavy atom. The first kappa shape index (κ1) is 30.7. The summed E-state index contributed by atoms with van der Waals surface area (Å²) in [6, 6.07) is 16.0. The van der Waals surface area contributed by atoms with Crippen LogP contribution in [-0.4, -0.2) is 41.8 Å². The second kappa shape index (κ2) is 13.7. The largest absolute Gasteiger partial charge is 0.449 e. The maximum absolute atomic E-state index is 12.1. The number of aromatic nitrogens is 6. The number of unbranched alkanes of at least 4 members (excludes halogenated alkanes) is 2. The molecule has 10 nitrogen and oxygen atoms in total. The number of fused-ring (bicyclic) bond motifs is 6. The number of pyridine rings is 2. The van der Waals surface area contributed by atoms with Gasteiger partial charge in [-0.1, -0.05) is 83.9 Å². The molecule has 0 radical (unpaired) electrons. The molecular formula is C34H42N8O2. The number of carbonyl (C=O) groups is 1. The fourth-order valence-electron chi connectivity index (χ4n) is 5.39. The van der Waals surface area contributed by atoms with Crippen LogP contribution in [0.2, 0.25) is 0 Å². The van der Waals surface area contributed by atoms with Gasteiger partial charge in [0.05, 0.1) is 41.3 Å². The van der Waals surface area contributed by atoms with E-state index in [9.17, 15) is 4.79 Å². The van der Waals surface area contributed by atoms with Crippen molar-refractivity contribution in [2.75, 3.05) is 17.7 Å². The van der Waals surface area contributed by atoms with Gasteiger partial charge in [0.1, 0.15) is 11.0 Å².